The quantitative estimate of drug-likeness (QED) is 0.459. The Bertz CT molecular complexity index is 1310. The number of hydrogen-bond donors (Lipinski definition) is 1. The van der Waals surface area contributed by atoms with Crippen LogP contribution in [0, 0.1) is 6.92 Å². The van der Waals surface area contributed by atoms with Gasteiger partial charge in [-0.25, -0.2) is 0 Å². The number of rotatable bonds is 7. The van der Waals surface area contributed by atoms with Gasteiger partial charge in [0.15, 0.2) is 0 Å². The Kier molecular flexibility index (Phi) is 8.70. The first-order valence-electron chi connectivity index (χ1n) is 14.3. The van der Waals surface area contributed by atoms with Gasteiger partial charge >= 0.3 is 0 Å². The van der Waals surface area contributed by atoms with Gasteiger partial charge in [-0.15, -0.1) is 0 Å². The molecule has 2 heterocycles. The van der Waals surface area contributed by atoms with E-state index in [0.29, 0.717) is 12.3 Å². The molecule has 5 rings (SSSR count). The molecule has 3 aromatic carbocycles. The molecule has 0 aliphatic carbocycles. The third-order valence-electron chi connectivity index (χ3n) is 8.40. The fraction of sp³-hybridized carbons (Fsp3) is 0.394. The van der Waals surface area contributed by atoms with Gasteiger partial charge in [0.1, 0.15) is 5.75 Å². The van der Waals surface area contributed by atoms with E-state index in [9.17, 15) is 9.59 Å². The Morgan fingerprint density at radius 2 is 1.55 bits per heavy atom. The third-order valence-corrected chi connectivity index (χ3v) is 8.40. The largest absolute Gasteiger partial charge is 0.496 e. The van der Waals surface area contributed by atoms with Gasteiger partial charge in [-0.2, -0.15) is 0 Å². The maximum Gasteiger partial charge on any atom is 0.253 e. The van der Waals surface area contributed by atoms with Crippen LogP contribution in [-0.2, 0) is 11.2 Å². The van der Waals surface area contributed by atoms with E-state index in [1.54, 1.807) is 7.11 Å². The van der Waals surface area contributed by atoms with Crippen molar-refractivity contribution in [3.63, 3.8) is 0 Å². The molecule has 0 spiro atoms. The van der Waals surface area contributed by atoms with Crippen LogP contribution < -0.4 is 15.0 Å². The zero-order chi connectivity index (χ0) is 28.1. The second-order valence-electron chi connectivity index (χ2n) is 11.0. The predicted molar refractivity (Wildman–Crippen MR) is 161 cm³/mol. The molecule has 0 unspecified atom stereocenters. The highest BCUT2D eigenvalue weighted by Crippen LogP contribution is 2.30. The van der Waals surface area contributed by atoms with Crippen molar-refractivity contribution in [1.82, 2.24) is 9.80 Å². The summed E-state index contributed by atoms with van der Waals surface area (Å²) in [5.74, 6) is 1.27. The molecular formula is C33H40N4O3. The predicted octanol–water partition coefficient (Wildman–Crippen LogP) is 4.96. The monoisotopic (exact) mass is 540 g/mol. The van der Waals surface area contributed by atoms with E-state index in [4.69, 9.17) is 4.74 Å². The lowest BCUT2D eigenvalue weighted by molar-refractivity contribution is -0.115. The van der Waals surface area contributed by atoms with Crippen LogP contribution in [0.1, 0.15) is 45.8 Å². The summed E-state index contributed by atoms with van der Waals surface area (Å²) in [4.78, 5) is 32.5. The van der Waals surface area contributed by atoms with Gasteiger partial charge in [-0.05, 0) is 91.9 Å². The highest BCUT2D eigenvalue weighted by molar-refractivity contribution is 5.94. The van der Waals surface area contributed by atoms with E-state index in [0.717, 1.165) is 80.2 Å². The lowest BCUT2D eigenvalue weighted by Gasteiger charge is -2.34. The Morgan fingerprint density at radius 1 is 0.875 bits per heavy atom. The van der Waals surface area contributed by atoms with Crippen molar-refractivity contribution in [1.29, 1.82) is 0 Å². The van der Waals surface area contributed by atoms with Crippen LogP contribution in [0.25, 0.3) is 0 Å². The number of nitrogens with zero attached hydrogens (tertiary/aromatic N) is 3. The van der Waals surface area contributed by atoms with E-state index in [-0.39, 0.29) is 11.8 Å². The SMILES string of the molecule is COc1cccc(CC(=O)Nc2ccc(C3CCN(C(=O)c4ccc(N5CCN(C)CC5)cc4)CC3)cc2)c1C. The summed E-state index contributed by atoms with van der Waals surface area (Å²) in [5, 5.41) is 3.01. The molecule has 2 amide bonds. The Labute approximate surface area is 237 Å². The molecule has 0 atom stereocenters. The summed E-state index contributed by atoms with van der Waals surface area (Å²) in [7, 11) is 3.80. The molecule has 0 aromatic heterocycles. The Hall–Kier alpha value is -3.84. The zero-order valence-corrected chi connectivity index (χ0v) is 23.9. The molecule has 7 nitrogen and oxygen atoms in total. The lowest BCUT2D eigenvalue weighted by Crippen LogP contribution is -2.44. The molecule has 0 saturated carbocycles. The molecule has 0 radical (unpaired) electrons. The number of benzene rings is 3. The number of ether oxygens (including phenoxy) is 1. The number of nitrogens with one attached hydrogen (secondary N) is 1. The number of likely N-dealkylation sites (tertiary alicyclic amines) is 1. The number of amides is 2. The van der Waals surface area contributed by atoms with Gasteiger partial charge in [0.25, 0.3) is 5.91 Å². The second-order valence-corrected chi connectivity index (χ2v) is 11.0. The minimum Gasteiger partial charge on any atom is -0.496 e. The van der Waals surface area contributed by atoms with E-state index < -0.39 is 0 Å². The number of piperidine rings is 1. The molecule has 7 heteroatoms. The van der Waals surface area contributed by atoms with Gasteiger partial charge in [-0.1, -0.05) is 24.3 Å². The summed E-state index contributed by atoms with van der Waals surface area (Å²) < 4.78 is 5.37. The van der Waals surface area contributed by atoms with Crippen molar-refractivity contribution >= 4 is 23.2 Å². The third kappa shape index (κ3) is 6.48. The molecule has 2 fully saturated rings. The van der Waals surface area contributed by atoms with Gasteiger partial charge in [-0.3, -0.25) is 9.59 Å². The molecule has 1 N–H and O–H groups in total. The van der Waals surface area contributed by atoms with E-state index in [2.05, 4.69) is 46.4 Å². The molecule has 210 valence electrons. The maximum absolute atomic E-state index is 13.2. The zero-order valence-electron chi connectivity index (χ0n) is 23.9. The van der Waals surface area contributed by atoms with Crippen molar-refractivity contribution in [3.05, 3.63) is 89.0 Å². The molecule has 2 aliphatic heterocycles. The first-order valence-corrected chi connectivity index (χ1v) is 14.3. The van der Waals surface area contributed by atoms with Crippen molar-refractivity contribution < 1.29 is 14.3 Å². The average Bonchev–Trinajstić information content (AvgIpc) is 2.99. The van der Waals surface area contributed by atoms with Crippen molar-refractivity contribution in [2.75, 3.05) is 63.6 Å². The second kappa shape index (κ2) is 12.6. The van der Waals surface area contributed by atoms with Crippen molar-refractivity contribution in [3.8, 4) is 5.75 Å². The highest BCUT2D eigenvalue weighted by Gasteiger charge is 2.25. The average molecular weight is 541 g/mol. The highest BCUT2D eigenvalue weighted by atomic mass is 16.5. The number of piperazine rings is 1. The minimum atomic E-state index is -0.0486. The van der Waals surface area contributed by atoms with E-state index in [1.165, 1.54) is 11.3 Å². The van der Waals surface area contributed by atoms with Crippen LogP contribution in [0.3, 0.4) is 0 Å². The summed E-state index contributed by atoms with van der Waals surface area (Å²) in [6.45, 7) is 7.65. The molecule has 2 aliphatic rings. The maximum atomic E-state index is 13.2. The van der Waals surface area contributed by atoms with Crippen molar-refractivity contribution in [2.45, 2.75) is 32.1 Å². The topological polar surface area (TPSA) is 65.1 Å². The fourth-order valence-corrected chi connectivity index (χ4v) is 5.77. The Balaban J connectivity index is 1.11. The normalized spacial score (nSPS) is 16.6. The van der Waals surface area contributed by atoms with E-state index in [1.807, 2.05) is 54.3 Å². The number of anilines is 2. The number of carbonyl (C=O) groups excluding carboxylic acids is 2. The summed E-state index contributed by atoms with van der Waals surface area (Å²) in [6.07, 6.45) is 2.17. The molecule has 0 bridgehead atoms. The summed E-state index contributed by atoms with van der Waals surface area (Å²) in [5.41, 5.74) is 5.95. The molecular weight excluding hydrogens is 500 g/mol. The molecule has 40 heavy (non-hydrogen) atoms. The van der Waals surface area contributed by atoms with Gasteiger partial charge in [0.2, 0.25) is 5.91 Å². The lowest BCUT2D eigenvalue weighted by atomic mass is 9.89. The van der Waals surface area contributed by atoms with Crippen LogP contribution in [-0.4, -0.2) is 75.0 Å². The number of likely N-dealkylation sites (N-methyl/N-ethyl adjacent to an activating group) is 1. The van der Waals surface area contributed by atoms with Gasteiger partial charge in [0.05, 0.1) is 13.5 Å². The fourth-order valence-electron chi connectivity index (χ4n) is 5.77. The van der Waals surface area contributed by atoms with Gasteiger partial charge < -0.3 is 24.8 Å². The van der Waals surface area contributed by atoms with Crippen LogP contribution in [0.15, 0.2) is 66.7 Å². The Morgan fingerprint density at radius 3 is 2.20 bits per heavy atom. The van der Waals surface area contributed by atoms with E-state index >= 15 is 0 Å². The number of methoxy groups -OCH3 is 1. The summed E-state index contributed by atoms with van der Waals surface area (Å²) in [6, 6.07) is 22.1. The number of hydrogen-bond acceptors (Lipinski definition) is 5. The van der Waals surface area contributed by atoms with Crippen molar-refractivity contribution in [2.24, 2.45) is 0 Å². The van der Waals surface area contributed by atoms with Crippen LogP contribution in [0.5, 0.6) is 5.75 Å². The van der Waals surface area contributed by atoms with Crippen LogP contribution >= 0.6 is 0 Å². The first-order chi connectivity index (χ1) is 19.4. The van der Waals surface area contributed by atoms with Crippen LogP contribution in [0.2, 0.25) is 0 Å². The van der Waals surface area contributed by atoms with Crippen LogP contribution in [0.4, 0.5) is 11.4 Å². The van der Waals surface area contributed by atoms with Gasteiger partial charge in [0, 0.05) is 56.2 Å². The molecule has 2 saturated heterocycles. The molecule has 3 aromatic rings. The standard InChI is InChI=1S/C33H40N4O3/c1-24-28(5-4-6-31(24)40-3)23-32(38)34-29-11-7-25(8-12-29)26-15-17-37(18-16-26)33(39)27-9-13-30(14-10-27)36-21-19-35(2)20-22-36/h4-14,26H,15-23H2,1-3H3,(H,34,38). The first kappa shape index (κ1) is 27.7. The number of carbonyl (C=O) groups is 2. The smallest absolute Gasteiger partial charge is 0.253 e. The summed E-state index contributed by atoms with van der Waals surface area (Å²) >= 11 is 0. The minimum absolute atomic E-state index is 0.0486.